The maximum Gasteiger partial charge on any atom is 0.146 e. The van der Waals surface area contributed by atoms with Crippen molar-refractivity contribution in [1.29, 1.82) is 0 Å². The maximum absolute atomic E-state index is 6.04. The molecule has 0 heterocycles. The Morgan fingerprint density at radius 1 is 0.824 bits per heavy atom. The van der Waals surface area contributed by atoms with Crippen LogP contribution in [0.2, 0.25) is 10.0 Å². The van der Waals surface area contributed by atoms with E-state index in [1.54, 1.807) is 18.2 Å². The first-order valence-corrected chi connectivity index (χ1v) is 6.27. The lowest BCUT2D eigenvalue weighted by Gasteiger charge is -2.11. The Morgan fingerprint density at radius 3 is 2.18 bits per heavy atom. The van der Waals surface area contributed by atoms with Gasteiger partial charge in [-0.15, -0.1) is 11.6 Å². The van der Waals surface area contributed by atoms with Gasteiger partial charge in [0.2, 0.25) is 0 Å². The molecular weight excluding hydrogens is 279 g/mol. The number of benzene rings is 2. The molecule has 2 rings (SSSR count). The van der Waals surface area contributed by atoms with Gasteiger partial charge in [-0.25, -0.2) is 0 Å². The molecule has 0 aliphatic heterocycles. The number of rotatable bonds is 3. The first-order chi connectivity index (χ1) is 8.22. The van der Waals surface area contributed by atoms with Crippen LogP contribution in [0.25, 0.3) is 0 Å². The van der Waals surface area contributed by atoms with Crippen LogP contribution in [0.15, 0.2) is 42.5 Å². The zero-order valence-electron chi connectivity index (χ0n) is 8.79. The molecule has 0 saturated heterocycles. The number of hydrogen-bond donors (Lipinski definition) is 0. The van der Waals surface area contributed by atoms with Gasteiger partial charge in [0.05, 0.1) is 10.9 Å². The van der Waals surface area contributed by atoms with E-state index in [-0.39, 0.29) is 0 Å². The van der Waals surface area contributed by atoms with Gasteiger partial charge < -0.3 is 4.74 Å². The number of alkyl halides is 1. The predicted octanol–water partition coefficient (Wildman–Crippen LogP) is 5.52. The lowest BCUT2D eigenvalue weighted by atomic mass is 10.2. The van der Waals surface area contributed by atoms with Gasteiger partial charge in [-0.3, -0.25) is 0 Å². The molecule has 0 unspecified atom stereocenters. The second-order valence-electron chi connectivity index (χ2n) is 3.38. The molecule has 88 valence electrons. The summed E-state index contributed by atoms with van der Waals surface area (Å²) in [5.74, 6) is 1.50. The molecular formula is C13H9Cl3O. The predicted molar refractivity (Wildman–Crippen MR) is 72.5 cm³/mol. The van der Waals surface area contributed by atoms with Gasteiger partial charge >= 0.3 is 0 Å². The highest BCUT2D eigenvalue weighted by atomic mass is 35.5. The van der Waals surface area contributed by atoms with Crippen LogP contribution in [-0.2, 0) is 5.88 Å². The Morgan fingerprint density at radius 2 is 1.47 bits per heavy atom. The van der Waals surface area contributed by atoms with E-state index in [9.17, 15) is 0 Å². The zero-order chi connectivity index (χ0) is 12.3. The van der Waals surface area contributed by atoms with Crippen LogP contribution in [0.4, 0.5) is 0 Å². The van der Waals surface area contributed by atoms with Gasteiger partial charge in [0.1, 0.15) is 11.5 Å². The van der Waals surface area contributed by atoms with E-state index in [4.69, 9.17) is 39.5 Å². The normalized spacial score (nSPS) is 10.3. The first kappa shape index (κ1) is 12.6. The molecule has 0 radical (unpaired) electrons. The van der Waals surface area contributed by atoms with Crippen molar-refractivity contribution in [3.05, 3.63) is 58.1 Å². The summed E-state index contributed by atoms with van der Waals surface area (Å²) < 4.78 is 5.71. The number of ether oxygens (including phenoxy) is 1. The second kappa shape index (κ2) is 5.63. The van der Waals surface area contributed by atoms with Crippen molar-refractivity contribution in [2.45, 2.75) is 5.88 Å². The van der Waals surface area contributed by atoms with Crippen LogP contribution in [0.1, 0.15) is 5.56 Å². The van der Waals surface area contributed by atoms with Gasteiger partial charge in [-0.1, -0.05) is 41.4 Å². The van der Waals surface area contributed by atoms with Crippen molar-refractivity contribution < 1.29 is 4.74 Å². The van der Waals surface area contributed by atoms with Crippen molar-refractivity contribution in [3.8, 4) is 11.5 Å². The van der Waals surface area contributed by atoms with Gasteiger partial charge in [0.25, 0.3) is 0 Å². The summed E-state index contributed by atoms with van der Waals surface area (Å²) in [6.45, 7) is 0. The van der Waals surface area contributed by atoms with E-state index >= 15 is 0 Å². The molecule has 0 amide bonds. The Balaban J connectivity index is 2.37. The molecule has 2 aromatic rings. The summed E-state index contributed by atoms with van der Waals surface area (Å²) in [5.41, 5.74) is 0.760. The van der Waals surface area contributed by atoms with E-state index in [1.807, 2.05) is 24.3 Å². The Bertz CT molecular complexity index is 526. The van der Waals surface area contributed by atoms with Crippen molar-refractivity contribution in [2.75, 3.05) is 0 Å². The highest BCUT2D eigenvalue weighted by Gasteiger charge is 2.09. The summed E-state index contributed by atoms with van der Waals surface area (Å²) in [7, 11) is 0. The van der Waals surface area contributed by atoms with Crippen molar-refractivity contribution >= 4 is 34.8 Å². The Hall–Kier alpha value is -0.890. The summed E-state index contributed by atoms with van der Waals surface area (Å²) in [6.07, 6.45) is 0. The van der Waals surface area contributed by atoms with Gasteiger partial charge in [0, 0.05) is 10.6 Å². The van der Waals surface area contributed by atoms with Crippen LogP contribution in [0, 0.1) is 0 Å². The molecule has 17 heavy (non-hydrogen) atoms. The Labute approximate surface area is 115 Å². The molecule has 0 atom stereocenters. The highest BCUT2D eigenvalue weighted by molar-refractivity contribution is 6.32. The molecule has 0 bridgehead atoms. The number of hydrogen-bond acceptors (Lipinski definition) is 1. The van der Waals surface area contributed by atoms with E-state index < -0.39 is 0 Å². The van der Waals surface area contributed by atoms with Crippen molar-refractivity contribution in [1.82, 2.24) is 0 Å². The molecule has 0 spiro atoms. The van der Waals surface area contributed by atoms with E-state index in [1.165, 1.54) is 0 Å². The largest absolute Gasteiger partial charge is 0.455 e. The molecule has 0 aliphatic rings. The standard InChI is InChI=1S/C13H9Cl3O/c14-8-9-10(15)5-3-7-12(9)17-13-6-2-1-4-11(13)16/h1-7H,8H2. The van der Waals surface area contributed by atoms with Gasteiger partial charge in [-0.05, 0) is 24.3 Å². The molecule has 0 aliphatic carbocycles. The number of para-hydroxylation sites is 1. The molecule has 0 aromatic heterocycles. The van der Waals surface area contributed by atoms with Gasteiger partial charge in [-0.2, -0.15) is 0 Å². The van der Waals surface area contributed by atoms with Crippen molar-refractivity contribution in [3.63, 3.8) is 0 Å². The average molecular weight is 288 g/mol. The molecule has 2 aromatic carbocycles. The molecule has 4 heteroatoms. The van der Waals surface area contributed by atoms with Crippen LogP contribution in [-0.4, -0.2) is 0 Å². The lowest BCUT2D eigenvalue weighted by molar-refractivity contribution is 0.478. The highest BCUT2D eigenvalue weighted by Crippen LogP contribution is 2.34. The third kappa shape index (κ3) is 2.86. The van der Waals surface area contributed by atoms with Crippen LogP contribution in [0.3, 0.4) is 0 Å². The minimum absolute atomic E-state index is 0.291. The van der Waals surface area contributed by atoms with Crippen LogP contribution in [0.5, 0.6) is 11.5 Å². The first-order valence-electron chi connectivity index (χ1n) is 4.98. The topological polar surface area (TPSA) is 9.23 Å². The van der Waals surface area contributed by atoms with E-state index in [2.05, 4.69) is 0 Å². The SMILES string of the molecule is ClCc1c(Cl)cccc1Oc1ccccc1Cl. The smallest absolute Gasteiger partial charge is 0.146 e. The van der Waals surface area contributed by atoms with E-state index in [0.717, 1.165) is 5.56 Å². The number of halogens is 3. The minimum atomic E-state index is 0.291. The summed E-state index contributed by atoms with van der Waals surface area (Å²) in [6, 6.07) is 12.7. The van der Waals surface area contributed by atoms with Crippen molar-refractivity contribution in [2.24, 2.45) is 0 Å². The molecule has 0 fully saturated rings. The maximum atomic E-state index is 6.04. The zero-order valence-corrected chi connectivity index (χ0v) is 11.1. The van der Waals surface area contributed by atoms with E-state index in [0.29, 0.717) is 27.4 Å². The minimum Gasteiger partial charge on any atom is -0.455 e. The monoisotopic (exact) mass is 286 g/mol. The summed E-state index contributed by atoms with van der Waals surface area (Å²) >= 11 is 17.9. The molecule has 0 N–H and O–H groups in total. The van der Waals surface area contributed by atoms with Crippen LogP contribution >= 0.6 is 34.8 Å². The third-order valence-electron chi connectivity index (χ3n) is 2.27. The summed E-state index contributed by atoms with van der Waals surface area (Å²) in [4.78, 5) is 0. The fourth-order valence-corrected chi connectivity index (χ4v) is 2.16. The third-order valence-corrected chi connectivity index (χ3v) is 3.20. The lowest BCUT2D eigenvalue weighted by Crippen LogP contribution is -1.91. The Kier molecular flexibility index (Phi) is 4.16. The molecule has 0 saturated carbocycles. The van der Waals surface area contributed by atoms with Crippen LogP contribution < -0.4 is 4.74 Å². The fourth-order valence-electron chi connectivity index (χ4n) is 1.41. The second-order valence-corrected chi connectivity index (χ2v) is 4.46. The summed E-state index contributed by atoms with van der Waals surface area (Å²) in [5, 5.41) is 1.14. The molecule has 1 nitrogen and oxygen atoms in total. The average Bonchev–Trinajstić information content (AvgIpc) is 2.32. The van der Waals surface area contributed by atoms with Gasteiger partial charge in [0.15, 0.2) is 0 Å². The fraction of sp³-hybridized carbons (Fsp3) is 0.0769. The quantitative estimate of drug-likeness (QED) is 0.675.